The van der Waals surface area contributed by atoms with Gasteiger partial charge in [0.25, 0.3) is 0 Å². The molecule has 1 aromatic carbocycles. The highest BCUT2D eigenvalue weighted by Crippen LogP contribution is 2.36. The second-order valence-corrected chi connectivity index (χ2v) is 4.76. The van der Waals surface area contributed by atoms with Gasteiger partial charge in [0.1, 0.15) is 5.69 Å². The molecule has 0 unspecified atom stereocenters. The maximum absolute atomic E-state index is 11.1. The summed E-state index contributed by atoms with van der Waals surface area (Å²) in [6, 6.07) is 5.15. The van der Waals surface area contributed by atoms with Crippen LogP contribution in [0.3, 0.4) is 0 Å². The molecule has 2 rings (SSSR count). The summed E-state index contributed by atoms with van der Waals surface area (Å²) in [5.74, 6) is 0.255. The Morgan fingerprint density at radius 2 is 2.05 bits per heavy atom. The number of rotatable bonds is 4. The minimum atomic E-state index is -0.432. The number of nitro groups is 1. The summed E-state index contributed by atoms with van der Waals surface area (Å²) in [7, 11) is 1.42. The van der Waals surface area contributed by atoms with Gasteiger partial charge >= 0.3 is 5.69 Å². The number of ether oxygens (including phenoxy) is 1. The van der Waals surface area contributed by atoms with Crippen LogP contribution in [0.4, 0.5) is 11.4 Å². The Bertz CT molecular complexity index is 456. The van der Waals surface area contributed by atoms with Gasteiger partial charge in [-0.2, -0.15) is 0 Å². The standard InChI is InChI=1S/C13H18N2O4/c1-19-12-4-2-3-11(13(12)15(17)18)14-9-5-7-10(16)8-6-9/h2-4,9-10,14,16H,5-8H2,1H3. The number of nitro benzene ring substituents is 1. The molecule has 0 bridgehead atoms. The second-order valence-electron chi connectivity index (χ2n) is 4.76. The maximum Gasteiger partial charge on any atom is 0.333 e. The van der Waals surface area contributed by atoms with Crippen LogP contribution in [-0.4, -0.2) is 29.3 Å². The first-order valence-corrected chi connectivity index (χ1v) is 6.38. The average molecular weight is 266 g/mol. The molecule has 0 amide bonds. The zero-order valence-corrected chi connectivity index (χ0v) is 10.8. The minimum Gasteiger partial charge on any atom is -0.490 e. The molecule has 6 nitrogen and oxygen atoms in total. The van der Waals surface area contributed by atoms with E-state index in [1.54, 1.807) is 18.2 Å². The lowest BCUT2D eigenvalue weighted by Gasteiger charge is -2.27. The van der Waals surface area contributed by atoms with E-state index in [2.05, 4.69) is 5.32 Å². The molecule has 0 atom stereocenters. The Balaban J connectivity index is 2.17. The molecular weight excluding hydrogens is 248 g/mol. The third-order valence-electron chi connectivity index (χ3n) is 3.46. The molecule has 0 spiro atoms. The summed E-state index contributed by atoms with van der Waals surface area (Å²) in [5.41, 5.74) is 0.446. The van der Waals surface area contributed by atoms with Crippen molar-refractivity contribution >= 4 is 11.4 Å². The van der Waals surface area contributed by atoms with Gasteiger partial charge in [0.2, 0.25) is 0 Å². The fourth-order valence-corrected chi connectivity index (χ4v) is 2.43. The normalized spacial score (nSPS) is 22.8. The van der Waals surface area contributed by atoms with Crippen molar-refractivity contribution in [2.75, 3.05) is 12.4 Å². The fraction of sp³-hybridized carbons (Fsp3) is 0.538. The van der Waals surface area contributed by atoms with Crippen molar-refractivity contribution in [1.29, 1.82) is 0 Å². The summed E-state index contributed by atoms with van der Waals surface area (Å²) in [4.78, 5) is 10.7. The first-order valence-electron chi connectivity index (χ1n) is 6.38. The SMILES string of the molecule is COc1cccc(NC2CCC(O)CC2)c1[N+](=O)[O-]. The smallest absolute Gasteiger partial charge is 0.333 e. The number of aliphatic hydroxyl groups is 1. The van der Waals surface area contributed by atoms with Crippen molar-refractivity contribution in [2.24, 2.45) is 0 Å². The van der Waals surface area contributed by atoms with E-state index in [0.717, 1.165) is 25.7 Å². The summed E-state index contributed by atoms with van der Waals surface area (Å²) < 4.78 is 5.03. The van der Waals surface area contributed by atoms with Gasteiger partial charge in [-0.25, -0.2) is 0 Å². The van der Waals surface area contributed by atoms with Crippen LogP contribution in [0.1, 0.15) is 25.7 Å². The molecular formula is C13H18N2O4. The predicted octanol–water partition coefficient (Wildman–Crippen LogP) is 2.32. The van der Waals surface area contributed by atoms with Crippen molar-refractivity contribution in [3.8, 4) is 5.75 Å². The van der Waals surface area contributed by atoms with Gasteiger partial charge in [0.05, 0.1) is 18.1 Å². The van der Waals surface area contributed by atoms with E-state index < -0.39 is 4.92 Å². The second kappa shape index (κ2) is 5.88. The topological polar surface area (TPSA) is 84.6 Å². The Kier molecular flexibility index (Phi) is 4.21. The van der Waals surface area contributed by atoms with E-state index in [1.165, 1.54) is 7.11 Å². The molecule has 1 aliphatic carbocycles. The highest BCUT2D eigenvalue weighted by molar-refractivity contribution is 5.68. The number of hydrogen-bond donors (Lipinski definition) is 2. The number of aliphatic hydroxyl groups excluding tert-OH is 1. The Morgan fingerprint density at radius 1 is 1.37 bits per heavy atom. The van der Waals surface area contributed by atoms with Crippen LogP contribution >= 0.6 is 0 Å². The van der Waals surface area contributed by atoms with Crippen LogP contribution in [0.5, 0.6) is 5.75 Å². The molecule has 19 heavy (non-hydrogen) atoms. The van der Waals surface area contributed by atoms with Crippen LogP contribution in [0.25, 0.3) is 0 Å². The largest absolute Gasteiger partial charge is 0.490 e. The van der Waals surface area contributed by atoms with Crippen LogP contribution < -0.4 is 10.1 Å². The number of anilines is 1. The van der Waals surface area contributed by atoms with Crippen LogP contribution in [0.15, 0.2) is 18.2 Å². The van der Waals surface area contributed by atoms with Gasteiger partial charge in [-0.05, 0) is 37.8 Å². The van der Waals surface area contributed by atoms with Crippen molar-refractivity contribution < 1.29 is 14.8 Å². The van der Waals surface area contributed by atoms with E-state index in [4.69, 9.17) is 4.74 Å². The summed E-state index contributed by atoms with van der Waals surface area (Å²) in [6.45, 7) is 0. The molecule has 0 aliphatic heterocycles. The maximum atomic E-state index is 11.1. The Morgan fingerprint density at radius 3 is 2.63 bits per heavy atom. The molecule has 2 N–H and O–H groups in total. The van der Waals surface area contributed by atoms with E-state index in [1.807, 2.05) is 0 Å². The molecule has 0 saturated heterocycles. The lowest BCUT2D eigenvalue weighted by molar-refractivity contribution is -0.384. The van der Waals surface area contributed by atoms with Crippen molar-refractivity contribution in [2.45, 2.75) is 37.8 Å². The van der Waals surface area contributed by atoms with Crippen molar-refractivity contribution in [1.82, 2.24) is 0 Å². The van der Waals surface area contributed by atoms with Crippen LogP contribution in [0, 0.1) is 10.1 Å². The molecule has 1 aliphatic rings. The van der Waals surface area contributed by atoms with Gasteiger partial charge < -0.3 is 15.2 Å². The summed E-state index contributed by atoms with van der Waals surface area (Å²) in [6.07, 6.45) is 2.86. The molecule has 104 valence electrons. The number of para-hydroxylation sites is 1. The first kappa shape index (κ1) is 13.6. The lowest BCUT2D eigenvalue weighted by Crippen LogP contribution is -2.28. The highest BCUT2D eigenvalue weighted by atomic mass is 16.6. The van der Waals surface area contributed by atoms with E-state index >= 15 is 0 Å². The summed E-state index contributed by atoms with van der Waals surface area (Å²) in [5, 5.41) is 23.8. The van der Waals surface area contributed by atoms with Crippen molar-refractivity contribution in [3.63, 3.8) is 0 Å². The van der Waals surface area contributed by atoms with E-state index in [0.29, 0.717) is 5.69 Å². The minimum absolute atomic E-state index is 0.0314. The lowest BCUT2D eigenvalue weighted by atomic mass is 9.93. The monoisotopic (exact) mass is 266 g/mol. The number of benzene rings is 1. The third-order valence-corrected chi connectivity index (χ3v) is 3.46. The van der Waals surface area contributed by atoms with Crippen molar-refractivity contribution in [3.05, 3.63) is 28.3 Å². The molecule has 0 radical (unpaired) electrons. The number of hydrogen-bond acceptors (Lipinski definition) is 5. The van der Waals surface area contributed by atoms with E-state index in [9.17, 15) is 15.2 Å². The van der Waals surface area contributed by atoms with Gasteiger partial charge in [-0.1, -0.05) is 6.07 Å². The third kappa shape index (κ3) is 3.14. The molecule has 6 heteroatoms. The Hall–Kier alpha value is -1.82. The molecule has 0 heterocycles. The quantitative estimate of drug-likeness (QED) is 0.645. The first-order chi connectivity index (χ1) is 9.11. The van der Waals surface area contributed by atoms with Gasteiger partial charge in [-0.3, -0.25) is 10.1 Å². The zero-order valence-electron chi connectivity index (χ0n) is 10.8. The van der Waals surface area contributed by atoms with Gasteiger partial charge in [-0.15, -0.1) is 0 Å². The van der Waals surface area contributed by atoms with Crippen LogP contribution in [-0.2, 0) is 0 Å². The zero-order chi connectivity index (χ0) is 13.8. The van der Waals surface area contributed by atoms with Gasteiger partial charge in [0, 0.05) is 6.04 Å². The Labute approximate surface area is 111 Å². The summed E-state index contributed by atoms with van der Waals surface area (Å²) >= 11 is 0. The predicted molar refractivity (Wildman–Crippen MR) is 71.5 cm³/mol. The molecule has 0 aromatic heterocycles. The molecule has 1 saturated carbocycles. The average Bonchev–Trinajstić information content (AvgIpc) is 2.40. The number of nitrogens with one attached hydrogen (secondary N) is 1. The van der Waals surface area contributed by atoms with Crippen LogP contribution in [0.2, 0.25) is 0 Å². The number of methoxy groups -OCH3 is 1. The fourth-order valence-electron chi connectivity index (χ4n) is 2.43. The number of nitrogens with zero attached hydrogens (tertiary/aromatic N) is 1. The van der Waals surface area contributed by atoms with E-state index in [-0.39, 0.29) is 23.6 Å². The molecule has 1 fully saturated rings. The highest BCUT2D eigenvalue weighted by Gasteiger charge is 2.24. The molecule has 1 aromatic rings. The van der Waals surface area contributed by atoms with Gasteiger partial charge in [0.15, 0.2) is 5.75 Å².